The maximum Gasteiger partial charge on any atom is 0.278 e. The van der Waals surface area contributed by atoms with Crippen molar-refractivity contribution < 1.29 is 14.4 Å². The third-order valence-electron chi connectivity index (χ3n) is 4.23. The Kier molecular flexibility index (Phi) is 4.11. The number of aryl methyl sites for hydroxylation is 1. The van der Waals surface area contributed by atoms with Crippen LogP contribution in [0.4, 0.5) is 5.69 Å². The van der Waals surface area contributed by atoms with E-state index >= 15 is 0 Å². The number of anilines is 1. The van der Waals surface area contributed by atoms with Gasteiger partial charge >= 0.3 is 0 Å². The number of nitrogens with one attached hydrogen (secondary N) is 2. The molecule has 1 aromatic carbocycles. The predicted octanol–water partition coefficient (Wildman–Crippen LogP) is 1.32. The number of imide groups is 1. The highest BCUT2D eigenvalue weighted by Gasteiger charge is 2.41. The van der Waals surface area contributed by atoms with Gasteiger partial charge in [-0.05, 0) is 37.5 Å². The first-order chi connectivity index (χ1) is 11.9. The van der Waals surface area contributed by atoms with Gasteiger partial charge in [0.05, 0.1) is 11.6 Å². The molecule has 2 aliphatic rings. The molecule has 2 N–H and O–H groups in total. The lowest BCUT2D eigenvalue weighted by molar-refractivity contribution is -0.146. The minimum atomic E-state index is -0.839. The quantitative estimate of drug-likeness (QED) is 0.811. The fourth-order valence-corrected chi connectivity index (χ4v) is 2.85. The molecule has 7 nitrogen and oxygen atoms in total. The number of nitriles is 1. The van der Waals surface area contributed by atoms with Gasteiger partial charge in [0.15, 0.2) is 0 Å². The second kappa shape index (κ2) is 6.24. The number of piperidine rings is 1. The van der Waals surface area contributed by atoms with Crippen LogP contribution in [0.2, 0.25) is 0 Å². The lowest BCUT2D eigenvalue weighted by Crippen LogP contribution is -2.52. The number of nitrogens with zero attached hydrogens (tertiary/aromatic N) is 2. The largest absolute Gasteiger partial charge is 0.351 e. The normalized spacial score (nSPS) is 20.2. The standard InChI is InChI=1S/C18H16N4O3/c1-10-3-5-13(7-12(10)9-19)21-14-8-16(23)22(18(14)25)15-6-4-11(2)20-17(15)24/h3,5,7-8,15,21H,2,4,6H2,1H3,(H,20,24). The Morgan fingerprint density at radius 2 is 2.12 bits per heavy atom. The third-order valence-corrected chi connectivity index (χ3v) is 4.23. The zero-order valence-electron chi connectivity index (χ0n) is 13.6. The van der Waals surface area contributed by atoms with Gasteiger partial charge in [0.25, 0.3) is 11.8 Å². The van der Waals surface area contributed by atoms with E-state index in [4.69, 9.17) is 5.26 Å². The van der Waals surface area contributed by atoms with Gasteiger partial charge in [-0.25, -0.2) is 0 Å². The Morgan fingerprint density at radius 1 is 1.36 bits per heavy atom. The summed E-state index contributed by atoms with van der Waals surface area (Å²) < 4.78 is 0. The van der Waals surface area contributed by atoms with Crippen LogP contribution in [0.15, 0.2) is 42.2 Å². The number of hydrogen-bond acceptors (Lipinski definition) is 5. The van der Waals surface area contributed by atoms with E-state index in [1.165, 1.54) is 6.08 Å². The number of rotatable bonds is 3. The van der Waals surface area contributed by atoms with Crippen molar-refractivity contribution in [3.8, 4) is 6.07 Å². The summed E-state index contributed by atoms with van der Waals surface area (Å²) in [6.07, 6.45) is 2.04. The second-order valence-corrected chi connectivity index (χ2v) is 5.99. The fourth-order valence-electron chi connectivity index (χ4n) is 2.85. The van der Waals surface area contributed by atoms with Crippen LogP contribution in [-0.4, -0.2) is 28.7 Å². The van der Waals surface area contributed by atoms with E-state index in [1.807, 2.05) is 6.92 Å². The van der Waals surface area contributed by atoms with Gasteiger partial charge in [0.1, 0.15) is 11.7 Å². The molecule has 0 aromatic heterocycles. The van der Waals surface area contributed by atoms with Gasteiger partial charge in [-0.3, -0.25) is 19.3 Å². The van der Waals surface area contributed by atoms with Gasteiger partial charge in [0, 0.05) is 17.5 Å². The van der Waals surface area contributed by atoms with Crippen LogP contribution in [-0.2, 0) is 14.4 Å². The van der Waals surface area contributed by atoms with Gasteiger partial charge in [-0.1, -0.05) is 12.6 Å². The summed E-state index contributed by atoms with van der Waals surface area (Å²) in [5.74, 6) is -1.50. The van der Waals surface area contributed by atoms with Crippen LogP contribution in [0.25, 0.3) is 0 Å². The van der Waals surface area contributed by atoms with E-state index < -0.39 is 23.8 Å². The molecule has 2 heterocycles. The molecule has 1 unspecified atom stereocenters. The van der Waals surface area contributed by atoms with Crippen molar-refractivity contribution in [2.75, 3.05) is 5.32 Å². The Hall–Kier alpha value is -3.40. The SMILES string of the molecule is C=C1CCC(N2C(=O)C=C(Nc3ccc(C)c(C#N)c3)C2=O)C(=O)N1. The van der Waals surface area contributed by atoms with Gasteiger partial charge in [-0.15, -0.1) is 0 Å². The summed E-state index contributed by atoms with van der Waals surface area (Å²) in [6, 6.07) is 6.30. The highest BCUT2D eigenvalue weighted by Crippen LogP contribution is 2.24. The molecule has 1 aromatic rings. The Labute approximate surface area is 144 Å². The van der Waals surface area contributed by atoms with E-state index in [1.54, 1.807) is 18.2 Å². The molecular weight excluding hydrogens is 320 g/mol. The Bertz CT molecular complexity index is 879. The first-order valence-electron chi connectivity index (χ1n) is 7.76. The van der Waals surface area contributed by atoms with Gasteiger partial charge in [-0.2, -0.15) is 5.26 Å². The molecule has 3 amide bonds. The molecular formula is C18H16N4O3. The van der Waals surface area contributed by atoms with E-state index in [-0.39, 0.29) is 5.70 Å². The summed E-state index contributed by atoms with van der Waals surface area (Å²) in [4.78, 5) is 37.8. The monoisotopic (exact) mass is 336 g/mol. The molecule has 1 atom stereocenters. The van der Waals surface area contributed by atoms with Crippen molar-refractivity contribution in [1.29, 1.82) is 5.26 Å². The van der Waals surface area contributed by atoms with Crippen LogP contribution in [0, 0.1) is 18.3 Å². The number of carbonyl (C=O) groups is 3. The summed E-state index contributed by atoms with van der Waals surface area (Å²) in [6.45, 7) is 5.49. The Morgan fingerprint density at radius 3 is 2.80 bits per heavy atom. The molecule has 0 saturated carbocycles. The highest BCUT2D eigenvalue weighted by molar-refractivity contribution is 6.19. The van der Waals surface area contributed by atoms with Crippen LogP contribution >= 0.6 is 0 Å². The molecule has 25 heavy (non-hydrogen) atoms. The molecule has 2 aliphatic heterocycles. The van der Waals surface area contributed by atoms with Crippen molar-refractivity contribution >= 4 is 23.4 Å². The van der Waals surface area contributed by atoms with Gasteiger partial charge < -0.3 is 10.6 Å². The number of allylic oxidation sites excluding steroid dienone is 1. The van der Waals surface area contributed by atoms with E-state index in [2.05, 4.69) is 23.3 Å². The van der Waals surface area contributed by atoms with Crippen molar-refractivity contribution in [2.24, 2.45) is 0 Å². The molecule has 7 heteroatoms. The first-order valence-corrected chi connectivity index (χ1v) is 7.76. The fraction of sp³-hybridized carbons (Fsp3) is 0.222. The molecule has 0 aliphatic carbocycles. The molecule has 0 radical (unpaired) electrons. The summed E-state index contributed by atoms with van der Waals surface area (Å²) in [7, 11) is 0. The predicted molar refractivity (Wildman–Crippen MR) is 89.8 cm³/mol. The summed E-state index contributed by atoms with van der Waals surface area (Å²) in [5, 5.41) is 14.5. The number of benzene rings is 1. The molecule has 0 spiro atoms. The van der Waals surface area contributed by atoms with Crippen LogP contribution in [0.3, 0.4) is 0 Å². The van der Waals surface area contributed by atoms with Crippen LogP contribution in [0.1, 0.15) is 24.0 Å². The zero-order chi connectivity index (χ0) is 18.1. The molecule has 1 saturated heterocycles. The number of amides is 3. The summed E-state index contributed by atoms with van der Waals surface area (Å²) >= 11 is 0. The third kappa shape index (κ3) is 3.02. The first kappa shape index (κ1) is 16.5. The lowest BCUT2D eigenvalue weighted by atomic mass is 10.0. The maximum absolute atomic E-state index is 12.6. The average Bonchev–Trinajstić information content (AvgIpc) is 2.84. The van der Waals surface area contributed by atoms with Crippen LogP contribution < -0.4 is 10.6 Å². The maximum atomic E-state index is 12.6. The van der Waals surface area contributed by atoms with E-state index in [0.29, 0.717) is 29.8 Å². The van der Waals surface area contributed by atoms with Crippen molar-refractivity contribution in [3.05, 3.63) is 53.4 Å². The van der Waals surface area contributed by atoms with Crippen molar-refractivity contribution in [3.63, 3.8) is 0 Å². The minimum Gasteiger partial charge on any atom is -0.351 e. The number of hydrogen-bond donors (Lipinski definition) is 2. The number of carbonyl (C=O) groups excluding carboxylic acids is 3. The van der Waals surface area contributed by atoms with Crippen molar-refractivity contribution in [1.82, 2.24) is 10.2 Å². The Balaban J connectivity index is 1.79. The smallest absolute Gasteiger partial charge is 0.278 e. The summed E-state index contributed by atoms with van der Waals surface area (Å²) in [5.41, 5.74) is 2.48. The minimum absolute atomic E-state index is 0.0787. The van der Waals surface area contributed by atoms with E-state index in [0.717, 1.165) is 10.5 Å². The van der Waals surface area contributed by atoms with Crippen LogP contribution in [0.5, 0.6) is 0 Å². The molecule has 0 bridgehead atoms. The topological polar surface area (TPSA) is 102 Å². The molecule has 1 fully saturated rings. The van der Waals surface area contributed by atoms with Gasteiger partial charge in [0.2, 0.25) is 5.91 Å². The molecule has 3 rings (SSSR count). The van der Waals surface area contributed by atoms with E-state index in [9.17, 15) is 14.4 Å². The highest BCUT2D eigenvalue weighted by atomic mass is 16.2. The zero-order valence-corrected chi connectivity index (χ0v) is 13.6. The average molecular weight is 336 g/mol. The lowest BCUT2D eigenvalue weighted by Gasteiger charge is -2.29. The van der Waals surface area contributed by atoms with Crippen molar-refractivity contribution in [2.45, 2.75) is 25.8 Å². The second-order valence-electron chi connectivity index (χ2n) is 5.99. The molecule has 126 valence electrons.